The zero-order valence-electron chi connectivity index (χ0n) is 7.87. The van der Waals surface area contributed by atoms with Crippen molar-refractivity contribution in [3.05, 3.63) is 39.1 Å². The van der Waals surface area contributed by atoms with Gasteiger partial charge in [-0.05, 0) is 28.1 Å². The second-order valence-electron chi connectivity index (χ2n) is 2.92. The smallest absolute Gasteiger partial charge is 0.331 e. The third-order valence-corrected chi connectivity index (χ3v) is 2.38. The number of nitrogens with zero attached hydrogens (tertiary/aromatic N) is 4. The highest BCUT2D eigenvalue weighted by Crippen LogP contribution is 2.22. The minimum Gasteiger partial charge on any atom is -0.378 e. The average molecular weight is 284 g/mol. The van der Waals surface area contributed by atoms with Crippen molar-refractivity contribution in [3.8, 4) is 5.82 Å². The van der Waals surface area contributed by atoms with Crippen molar-refractivity contribution in [2.45, 2.75) is 0 Å². The lowest BCUT2D eigenvalue weighted by Crippen LogP contribution is -2.04. The van der Waals surface area contributed by atoms with Crippen LogP contribution in [0.2, 0.25) is 0 Å². The molecule has 0 amide bonds. The zero-order chi connectivity index (χ0) is 11.7. The molecule has 2 N–H and O–H groups in total. The van der Waals surface area contributed by atoms with Crippen LogP contribution in [-0.4, -0.2) is 19.7 Å². The molecular formula is C8H6BrN5O2. The quantitative estimate of drug-likeness (QED) is 0.665. The number of nitrogens with two attached hydrogens (primary N) is 1. The molecule has 0 fully saturated rings. The highest BCUT2D eigenvalue weighted by molar-refractivity contribution is 9.10. The molecule has 0 aromatic carbocycles. The lowest BCUT2D eigenvalue weighted by atomic mass is 10.4. The lowest BCUT2D eigenvalue weighted by Gasteiger charge is -2.01. The summed E-state index contributed by atoms with van der Waals surface area (Å²) < 4.78 is 2.02. The predicted molar refractivity (Wildman–Crippen MR) is 60.1 cm³/mol. The van der Waals surface area contributed by atoms with E-state index in [1.807, 2.05) is 0 Å². The van der Waals surface area contributed by atoms with Crippen LogP contribution in [0.4, 0.5) is 11.5 Å². The van der Waals surface area contributed by atoms with Gasteiger partial charge in [-0.25, -0.2) is 4.98 Å². The number of nitrogen functional groups attached to an aromatic ring is 1. The Morgan fingerprint density at radius 3 is 2.69 bits per heavy atom. The molecule has 0 aliphatic rings. The maximum atomic E-state index is 10.6. The number of aromatic nitrogens is 3. The molecule has 2 heterocycles. The lowest BCUT2D eigenvalue weighted by molar-refractivity contribution is -0.383. The first-order chi connectivity index (χ1) is 7.59. The van der Waals surface area contributed by atoms with Crippen molar-refractivity contribution in [1.29, 1.82) is 0 Å². The van der Waals surface area contributed by atoms with E-state index in [1.54, 1.807) is 18.3 Å². The highest BCUT2D eigenvalue weighted by Gasteiger charge is 2.18. The van der Waals surface area contributed by atoms with Crippen molar-refractivity contribution in [1.82, 2.24) is 14.8 Å². The molecule has 0 saturated heterocycles. The second kappa shape index (κ2) is 3.89. The Hall–Kier alpha value is -1.96. The Morgan fingerprint density at radius 1 is 1.44 bits per heavy atom. The molecule has 0 saturated carbocycles. The van der Waals surface area contributed by atoms with Crippen LogP contribution < -0.4 is 5.73 Å². The number of hydrogen-bond acceptors (Lipinski definition) is 5. The van der Waals surface area contributed by atoms with Gasteiger partial charge in [0.1, 0.15) is 6.20 Å². The first-order valence-corrected chi connectivity index (χ1v) is 4.98. The number of hydrogen-bond donors (Lipinski definition) is 1. The molecule has 2 aromatic rings. The fraction of sp³-hybridized carbons (Fsp3) is 0. The number of nitro groups is 1. The maximum absolute atomic E-state index is 10.6. The summed E-state index contributed by atoms with van der Waals surface area (Å²) in [6.07, 6.45) is 2.65. The molecule has 0 aliphatic heterocycles. The van der Waals surface area contributed by atoms with E-state index in [-0.39, 0.29) is 11.5 Å². The van der Waals surface area contributed by atoms with Gasteiger partial charge in [0, 0.05) is 10.7 Å². The molecule has 16 heavy (non-hydrogen) atoms. The van der Waals surface area contributed by atoms with Crippen LogP contribution in [0.5, 0.6) is 0 Å². The summed E-state index contributed by atoms with van der Waals surface area (Å²) in [6, 6.07) is 3.40. The van der Waals surface area contributed by atoms with Crippen molar-refractivity contribution in [3.63, 3.8) is 0 Å². The van der Waals surface area contributed by atoms with Gasteiger partial charge in [-0.1, -0.05) is 0 Å². The summed E-state index contributed by atoms with van der Waals surface area (Å²) >= 11 is 3.23. The van der Waals surface area contributed by atoms with E-state index in [9.17, 15) is 10.1 Å². The van der Waals surface area contributed by atoms with E-state index in [0.29, 0.717) is 5.82 Å². The highest BCUT2D eigenvalue weighted by atomic mass is 79.9. The van der Waals surface area contributed by atoms with E-state index in [1.165, 1.54) is 4.68 Å². The van der Waals surface area contributed by atoms with Crippen LogP contribution in [0.3, 0.4) is 0 Å². The van der Waals surface area contributed by atoms with Crippen LogP contribution in [0, 0.1) is 10.1 Å². The molecule has 8 heteroatoms. The molecule has 0 atom stereocenters. The van der Waals surface area contributed by atoms with Crippen molar-refractivity contribution in [2.75, 3.05) is 5.73 Å². The van der Waals surface area contributed by atoms with Crippen LogP contribution in [0.25, 0.3) is 5.82 Å². The van der Waals surface area contributed by atoms with Gasteiger partial charge >= 0.3 is 5.69 Å². The first-order valence-electron chi connectivity index (χ1n) is 4.19. The third kappa shape index (κ3) is 1.74. The Labute approximate surface area is 98.2 Å². The molecule has 2 aromatic heterocycles. The maximum Gasteiger partial charge on any atom is 0.331 e. The third-order valence-electron chi connectivity index (χ3n) is 1.91. The molecule has 0 unspecified atom stereocenters. The molecule has 0 spiro atoms. The first kappa shape index (κ1) is 10.6. The normalized spacial score (nSPS) is 10.3. The summed E-state index contributed by atoms with van der Waals surface area (Å²) in [7, 11) is 0. The average Bonchev–Trinajstić information content (AvgIpc) is 2.61. The molecule has 0 radical (unpaired) electrons. The van der Waals surface area contributed by atoms with Gasteiger partial charge in [-0.2, -0.15) is 9.78 Å². The number of rotatable bonds is 2. The van der Waals surface area contributed by atoms with Gasteiger partial charge in [0.05, 0.1) is 4.92 Å². The number of pyridine rings is 1. The Bertz CT molecular complexity index is 536. The molecule has 0 bridgehead atoms. The van der Waals surface area contributed by atoms with Crippen LogP contribution in [0.15, 0.2) is 29.0 Å². The fourth-order valence-corrected chi connectivity index (χ4v) is 1.40. The van der Waals surface area contributed by atoms with Crippen LogP contribution in [0.1, 0.15) is 0 Å². The largest absolute Gasteiger partial charge is 0.378 e. The molecular weight excluding hydrogens is 278 g/mol. The SMILES string of the molecule is Nc1c([N+](=O)[O-])cnn1-c1ccc(Br)cn1. The van der Waals surface area contributed by atoms with E-state index in [2.05, 4.69) is 26.0 Å². The van der Waals surface area contributed by atoms with Crippen molar-refractivity contribution < 1.29 is 4.92 Å². The van der Waals surface area contributed by atoms with Crippen molar-refractivity contribution >= 4 is 27.4 Å². The minimum absolute atomic E-state index is 0.0418. The van der Waals surface area contributed by atoms with E-state index < -0.39 is 4.92 Å². The Balaban J connectivity index is 2.49. The summed E-state index contributed by atoms with van der Waals surface area (Å²) in [5.74, 6) is 0.383. The van der Waals surface area contributed by atoms with Gasteiger partial charge in [0.2, 0.25) is 5.82 Å². The Morgan fingerprint density at radius 2 is 2.19 bits per heavy atom. The van der Waals surface area contributed by atoms with Gasteiger partial charge < -0.3 is 5.73 Å². The van der Waals surface area contributed by atoms with Gasteiger partial charge in [-0.3, -0.25) is 10.1 Å². The summed E-state index contributed by atoms with van der Waals surface area (Å²) in [5, 5.41) is 14.4. The van der Waals surface area contributed by atoms with Gasteiger partial charge in [-0.15, -0.1) is 0 Å². The second-order valence-corrected chi connectivity index (χ2v) is 3.83. The van der Waals surface area contributed by atoms with Crippen LogP contribution >= 0.6 is 15.9 Å². The topological polar surface area (TPSA) is 99.9 Å². The molecule has 7 nitrogen and oxygen atoms in total. The molecule has 2 rings (SSSR count). The standard InChI is InChI=1S/C8H6BrN5O2/c9-5-1-2-7(11-3-5)13-8(10)6(4-12-13)14(15)16/h1-4H,10H2. The van der Waals surface area contributed by atoms with Gasteiger partial charge in [0.25, 0.3) is 0 Å². The van der Waals surface area contributed by atoms with E-state index in [0.717, 1.165) is 10.7 Å². The fourth-order valence-electron chi connectivity index (χ4n) is 1.17. The van der Waals surface area contributed by atoms with Crippen LogP contribution in [-0.2, 0) is 0 Å². The van der Waals surface area contributed by atoms with E-state index >= 15 is 0 Å². The Kier molecular flexibility index (Phi) is 2.57. The molecule has 82 valence electrons. The van der Waals surface area contributed by atoms with E-state index in [4.69, 9.17) is 5.73 Å². The summed E-state index contributed by atoms with van der Waals surface area (Å²) in [5.41, 5.74) is 5.35. The summed E-state index contributed by atoms with van der Waals surface area (Å²) in [6.45, 7) is 0. The number of anilines is 1. The number of halogens is 1. The predicted octanol–water partition coefficient (Wildman–Crippen LogP) is 1.52. The summed E-state index contributed by atoms with van der Waals surface area (Å²) in [4.78, 5) is 14.0. The van der Waals surface area contributed by atoms with Gasteiger partial charge in [0.15, 0.2) is 5.82 Å². The minimum atomic E-state index is -0.586. The molecule has 0 aliphatic carbocycles. The van der Waals surface area contributed by atoms with Crippen molar-refractivity contribution in [2.24, 2.45) is 0 Å². The monoisotopic (exact) mass is 283 g/mol. The zero-order valence-corrected chi connectivity index (χ0v) is 9.46.